The van der Waals surface area contributed by atoms with Crippen LogP contribution in [-0.2, 0) is 4.79 Å². The number of hydrogen-bond acceptors (Lipinski definition) is 2. The second-order valence-electron chi connectivity index (χ2n) is 4.02. The predicted molar refractivity (Wildman–Crippen MR) is 50.8 cm³/mol. The molecule has 4 unspecified atom stereocenters. The molecule has 12 heavy (non-hydrogen) atoms. The molecular formula is C9H15NOS. The van der Waals surface area contributed by atoms with Crippen LogP contribution >= 0.6 is 11.8 Å². The first-order valence-electron chi connectivity index (χ1n) is 4.54. The van der Waals surface area contributed by atoms with Crippen molar-refractivity contribution in [3.05, 3.63) is 0 Å². The van der Waals surface area contributed by atoms with Gasteiger partial charge in [-0.2, -0.15) is 11.8 Å². The summed E-state index contributed by atoms with van der Waals surface area (Å²) in [5, 5.41) is 0.709. The van der Waals surface area contributed by atoms with Crippen LogP contribution in [0.15, 0.2) is 0 Å². The molecule has 2 aliphatic carbocycles. The van der Waals surface area contributed by atoms with Crippen molar-refractivity contribution in [3.8, 4) is 0 Å². The van der Waals surface area contributed by atoms with Gasteiger partial charge in [-0.25, -0.2) is 0 Å². The Labute approximate surface area is 77.3 Å². The summed E-state index contributed by atoms with van der Waals surface area (Å²) >= 11 is 1.91. The topological polar surface area (TPSA) is 43.1 Å². The van der Waals surface area contributed by atoms with Crippen LogP contribution in [0.5, 0.6) is 0 Å². The minimum Gasteiger partial charge on any atom is -0.369 e. The Morgan fingerprint density at radius 2 is 2.17 bits per heavy atom. The van der Waals surface area contributed by atoms with Crippen molar-refractivity contribution in [3.63, 3.8) is 0 Å². The normalized spacial score (nSPS) is 45.1. The Morgan fingerprint density at radius 3 is 2.67 bits per heavy atom. The van der Waals surface area contributed by atoms with Gasteiger partial charge < -0.3 is 5.73 Å². The summed E-state index contributed by atoms with van der Waals surface area (Å²) in [6, 6.07) is 0. The molecule has 0 spiro atoms. The summed E-state index contributed by atoms with van der Waals surface area (Å²) in [5.74, 6) is 1.52. The van der Waals surface area contributed by atoms with E-state index in [1.165, 1.54) is 12.8 Å². The summed E-state index contributed by atoms with van der Waals surface area (Å²) in [7, 11) is 0. The number of rotatable bonds is 2. The Morgan fingerprint density at radius 1 is 1.42 bits per heavy atom. The number of thioether (sulfide) groups is 1. The molecule has 0 aliphatic heterocycles. The lowest BCUT2D eigenvalue weighted by Crippen LogP contribution is -2.32. The van der Waals surface area contributed by atoms with E-state index in [4.69, 9.17) is 5.73 Å². The highest BCUT2D eigenvalue weighted by Crippen LogP contribution is 2.51. The highest BCUT2D eigenvalue weighted by molar-refractivity contribution is 7.99. The van der Waals surface area contributed by atoms with Gasteiger partial charge in [-0.15, -0.1) is 0 Å². The van der Waals surface area contributed by atoms with Gasteiger partial charge in [-0.1, -0.05) is 0 Å². The Balaban J connectivity index is 2.09. The monoisotopic (exact) mass is 185 g/mol. The van der Waals surface area contributed by atoms with Crippen LogP contribution in [0.3, 0.4) is 0 Å². The SMILES string of the molecule is CSC1CC2CC(C(N)=O)C1C2. The van der Waals surface area contributed by atoms with Crippen LogP contribution in [-0.4, -0.2) is 17.4 Å². The maximum atomic E-state index is 11.1. The lowest BCUT2D eigenvalue weighted by molar-refractivity contribution is -0.123. The van der Waals surface area contributed by atoms with Crippen LogP contribution in [0.1, 0.15) is 19.3 Å². The average Bonchev–Trinajstić information content (AvgIpc) is 2.60. The van der Waals surface area contributed by atoms with Crippen LogP contribution in [0.4, 0.5) is 0 Å². The molecule has 2 saturated carbocycles. The fourth-order valence-electron chi connectivity index (χ4n) is 2.88. The maximum Gasteiger partial charge on any atom is 0.220 e. The van der Waals surface area contributed by atoms with Gasteiger partial charge in [0.1, 0.15) is 0 Å². The van der Waals surface area contributed by atoms with Gasteiger partial charge in [0.05, 0.1) is 0 Å². The van der Waals surface area contributed by atoms with Crippen molar-refractivity contribution in [1.82, 2.24) is 0 Å². The maximum absolute atomic E-state index is 11.1. The fraction of sp³-hybridized carbons (Fsp3) is 0.889. The van der Waals surface area contributed by atoms with E-state index >= 15 is 0 Å². The molecule has 0 saturated heterocycles. The van der Waals surface area contributed by atoms with Gasteiger partial charge >= 0.3 is 0 Å². The zero-order valence-corrected chi connectivity index (χ0v) is 8.14. The minimum absolute atomic E-state index is 0.0683. The number of carbonyl (C=O) groups is 1. The molecule has 3 heteroatoms. The van der Waals surface area contributed by atoms with Crippen LogP contribution in [0.2, 0.25) is 0 Å². The Kier molecular flexibility index (Phi) is 2.07. The lowest BCUT2D eigenvalue weighted by atomic mass is 9.88. The molecule has 4 atom stereocenters. The third-order valence-electron chi connectivity index (χ3n) is 3.42. The summed E-state index contributed by atoms with van der Waals surface area (Å²) in [6.45, 7) is 0. The van der Waals surface area contributed by atoms with Crippen LogP contribution in [0, 0.1) is 17.8 Å². The number of nitrogens with two attached hydrogens (primary N) is 1. The molecule has 0 aromatic heterocycles. The van der Waals surface area contributed by atoms with Crippen molar-refractivity contribution in [2.45, 2.75) is 24.5 Å². The first-order chi connectivity index (χ1) is 5.72. The van der Waals surface area contributed by atoms with E-state index < -0.39 is 0 Å². The third kappa shape index (κ3) is 1.15. The first kappa shape index (κ1) is 8.42. The minimum atomic E-state index is -0.0683. The zero-order valence-electron chi connectivity index (χ0n) is 7.32. The second kappa shape index (κ2) is 2.95. The smallest absolute Gasteiger partial charge is 0.220 e. The number of fused-ring (bicyclic) bond motifs is 2. The molecule has 0 heterocycles. The molecule has 2 aliphatic rings. The van der Waals surface area contributed by atoms with Crippen molar-refractivity contribution in [2.24, 2.45) is 23.5 Å². The van der Waals surface area contributed by atoms with Crippen molar-refractivity contribution in [2.75, 3.05) is 6.26 Å². The third-order valence-corrected chi connectivity index (χ3v) is 4.57. The number of amides is 1. The predicted octanol–water partition coefficient (Wildman–Crippen LogP) is 1.25. The summed E-state index contributed by atoms with van der Waals surface area (Å²) in [6.07, 6.45) is 5.77. The van der Waals surface area contributed by atoms with E-state index in [0.29, 0.717) is 11.2 Å². The molecule has 2 fully saturated rings. The molecule has 2 rings (SSSR count). The molecule has 2 nitrogen and oxygen atoms in total. The largest absolute Gasteiger partial charge is 0.369 e. The fourth-order valence-corrected chi connectivity index (χ4v) is 4.00. The van der Waals surface area contributed by atoms with Gasteiger partial charge in [0, 0.05) is 11.2 Å². The second-order valence-corrected chi connectivity index (χ2v) is 5.10. The quantitative estimate of drug-likeness (QED) is 0.703. The van der Waals surface area contributed by atoms with Gasteiger partial charge in [-0.3, -0.25) is 4.79 Å². The Hall–Kier alpha value is -0.180. The zero-order chi connectivity index (χ0) is 8.72. The van der Waals surface area contributed by atoms with Crippen molar-refractivity contribution < 1.29 is 4.79 Å². The van der Waals surface area contributed by atoms with Crippen LogP contribution < -0.4 is 5.73 Å². The van der Waals surface area contributed by atoms with Gasteiger partial charge in [0.15, 0.2) is 0 Å². The lowest BCUT2D eigenvalue weighted by Gasteiger charge is -2.25. The van der Waals surface area contributed by atoms with E-state index in [1.807, 2.05) is 11.8 Å². The highest BCUT2D eigenvalue weighted by atomic mass is 32.2. The number of hydrogen-bond donors (Lipinski definition) is 1. The average molecular weight is 185 g/mol. The molecule has 0 aromatic carbocycles. The van der Waals surface area contributed by atoms with Crippen molar-refractivity contribution in [1.29, 1.82) is 0 Å². The van der Waals surface area contributed by atoms with E-state index in [9.17, 15) is 4.79 Å². The Bertz CT molecular complexity index is 207. The van der Waals surface area contributed by atoms with Crippen LogP contribution in [0.25, 0.3) is 0 Å². The number of primary amides is 1. The summed E-state index contributed by atoms with van der Waals surface area (Å²) < 4.78 is 0. The number of carbonyl (C=O) groups excluding carboxylic acids is 1. The molecule has 2 bridgehead atoms. The molecule has 0 radical (unpaired) electrons. The standard InChI is InChI=1S/C9H15NOS/c1-12-8-4-5-2-6(8)7(3-5)9(10)11/h5-8H,2-4H2,1H3,(H2,10,11). The molecule has 1 amide bonds. The first-order valence-corrected chi connectivity index (χ1v) is 5.83. The highest BCUT2D eigenvalue weighted by Gasteiger charge is 2.47. The van der Waals surface area contributed by atoms with Gasteiger partial charge in [-0.05, 0) is 37.4 Å². The van der Waals surface area contributed by atoms with Crippen molar-refractivity contribution >= 4 is 17.7 Å². The van der Waals surface area contributed by atoms with E-state index in [1.54, 1.807) is 0 Å². The van der Waals surface area contributed by atoms with E-state index in [0.717, 1.165) is 12.3 Å². The van der Waals surface area contributed by atoms with Gasteiger partial charge in [0.2, 0.25) is 5.91 Å². The molecule has 68 valence electrons. The summed E-state index contributed by atoms with van der Waals surface area (Å²) in [5.41, 5.74) is 5.35. The molecule has 0 aromatic rings. The molecule has 2 N–H and O–H groups in total. The summed E-state index contributed by atoms with van der Waals surface area (Å²) in [4.78, 5) is 11.1. The molecular weight excluding hydrogens is 170 g/mol. The van der Waals surface area contributed by atoms with E-state index in [-0.39, 0.29) is 11.8 Å². The van der Waals surface area contributed by atoms with E-state index in [2.05, 4.69) is 6.26 Å². The van der Waals surface area contributed by atoms with Gasteiger partial charge in [0.25, 0.3) is 0 Å².